The Morgan fingerprint density at radius 2 is 2.38 bits per heavy atom. The first-order valence-electron chi connectivity index (χ1n) is 6.04. The van der Waals surface area contributed by atoms with E-state index in [0.29, 0.717) is 12.5 Å². The molecule has 1 unspecified atom stereocenters. The van der Waals surface area contributed by atoms with E-state index >= 15 is 0 Å². The molecule has 5 heteroatoms. The van der Waals surface area contributed by atoms with Crippen LogP contribution in [0.2, 0.25) is 0 Å². The summed E-state index contributed by atoms with van der Waals surface area (Å²) in [4.78, 5) is 0. The van der Waals surface area contributed by atoms with Crippen molar-refractivity contribution in [3.8, 4) is 0 Å². The lowest BCUT2D eigenvalue weighted by Crippen LogP contribution is -2.26. The third-order valence-corrected chi connectivity index (χ3v) is 3.05. The van der Waals surface area contributed by atoms with Gasteiger partial charge >= 0.3 is 0 Å². The molecule has 0 aliphatic carbocycles. The SMILES string of the molecule is CCCOCc1nnc2n1CCC(CN)C2. The molecule has 16 heavy (non-hydrogen) atoms. The highest BCUT2D eigenvalue weighted by Crippen LogP contribution is 2.19. The monoisotopic (exact) mass is 224 g/mol. The van der Waals surface area contributed by atoms with Crippen molar-refractivity contribution in [2.24, 2.45) is 11.7 Å². The molecule has 1 aromatic heterocycles. The zero-order valence-corrected chi connectivity index (χ0v) is 9.85. The first kappa shape index (κ1) is 11.5. The van der Waals surface area contributed by atoms with Gasteiger partial charge < -0.3 is 15.0 Å². The number of aromatic nitrogens is 3. The first-order chi connectivity index (χ1) is 7.85. The highest BCUT2D eigenvalue weighted by atomic mass is 16.5. The molecular weight excluding hydrogens is 204 g/mol. The van der Waals surface area contributed by atoms with Crippen LogP contribution in [-0.4, -0.2) is 27.9 Å². The second-order valence-electron chi connectivity index (χ2n) is 4.33. The van der Waals surface area contributed by atoms with Gasteiger partial charge in [-0.05, 0) is 25.3 Å². The molecule has 0 aromatic carbocycles. The van der Waals surface area contributed by atoms with Crippen molar-refractivity contribution < 1.29 is 4.74 Å². The molecule has 1 aromatic rings. The zero-order chi connectivity index (χ0) is 11.4. The maximum Gasteiger partial charge on any atom is 0.159 e. The summed E-state index contributed by atoms with van der Waals surface area (Å²) in [6.45, 7) is 5.19. The lowest BCUT2D eigenvalue weighted by Gasteiger charge is -2.22. The summed E-state index contributed by atoms with van der Waals surface area (Å²) < 4.78 is 7.68. The second-order valence-corrected chi connectivity index (χ2v) is 4.33. The molecule has 1 aliphatic rings. The van der Waals surface area contributed by atoms with E-state index in [1.165, 1.54) is 0 Å². The van der Waals surface area contributed by atoms with Gasteiger partial charge in [0.25, 0.3) is 0 Å². The van der Waals surface area contributed by atoms with Crippen molar-refractivity contribution >= 4 is 0 Å². The smallest absolute Gasteiger partial charge is 0.159 e. The Balaban J connectivity index is 1.99. The number of rotatable bonds is 5. The van der Waals surface area contributed by atoms with Crippen LogP contribution < -0.4 is 5.73 Å². The molecule has 0 bridgehead atoms. The Bertz CT molecular complexity index is 337. The van der Waals surface area contributed by atoms with Crippen molar-refractivity contribution in [1.29, 1.82) is 0 Å². The highest BCUT2D eigenvalue weighted by molar-refractivity contribution is 4.99. The number of ether oxygens (including phenoxy) is 1. The fourth-order valence-electron chi connectivity index (χ4n) is 2.07. The summed E-state index contributed by atoms with van der Waals surface area (Å²) in [7, 11) is 0. The van der Waals surface area contributed by atoms with E-state index in [-0.39, 0.29) is 0 Å². The van der Waals surface area contributed by atoms with Crippen molar-refractivity contribution in [3.63, 3.8) is 0 Å². The van der Waals surface area contributed by atoms with Gasteiger partial charge in [-0.2, -0.15) is 0 Å². The Kier molecular flexibility index (Phi) is 3.90. The summed E-state index contributed by atoms with van der Waals surface area (Å²) in [6.07, 6.45) is 3.12. The van der Waals surface area contributed by atoms with Crippen molar-refractivity contribution in [3.05, 3.63) is 11.6 Å². The van der Waals surface area contributed by atoms with Gasteiger partial charge in [-0.3, -0.25) is 0 Å². The van der Waals surface area contributed by atoms with Gasteiger partial charge in [-0.15, -0.1) is 10.2 Å². The molecule has 2 N–H and O–H groups in total. The molecule has 0 saturated carbocycles. The number of hydrogen-bond acceptors (Lipinski definition) is 4. The summed E-state index contributed by atoms with van der Waals surface area (Å²) in [5.74, 6) is 2.59. The molecule has 1 aliphatic heterocycles. The van der Waals surface area contributed by atoms with Gasteiger partial charge in [0.2, 0.25) is 0 Å². The molecule has 0 amide bonds. The summed E-state index contributed by atoms with van der Waals surface area (Å²) in [6, 6.07) is 0. The van der Waals surface area contributed by atoms with E-state index in [4.69, 9.17) is 10.5 Å². The molecule has 0 saturated heterocycles. The van der Waals surface area contributed by atoms with Gasteiger partial charge in [0.05, 0.1) is 0 Å². The first-order valence-corrected chi connectivity index (χ1v) is 6.04. The van der Waals surface area contributed by atoms with Crippen LogP contribution in [-0.2, 0) is 24.3 Å². The Morgan fingerprint density at radius 3 is 3.12 bits per heavy atom. The fourth-order valence-corrected chi connectivity index (χ4v) is 2.07. The molecule has 0 radical (unpaired) electrons. The number of nitrogens with two attached hydrogens (primary N) is 1. The number of fused-ring (bicyclic) bond motifs is 1. The molecule has 1 atom stereocenters. The van der Waals surface area contributed by atoms with Gasteiger partial charge in [-0.1, -0.05) is 6.92 Å². The van der Waals surface area contributed by atoms with Crippen LogP contribution in [0.3, 0.4) is 0 Å². The standard InChI is InChI=1S/C11H20N4O/c1-2-5-16-8-11-14-13-10-6-9(7-12)3-4-15(10)11/h9H,2-8,12H2,1H3. The summed E-state index contributed by atoms with van der Waals surface area (Å²) in [5.41, 5.74) is 5.68. The van der Waals surface area contributed by atoms with Gasteiger partial charge in [0.15, 0.2) is 5.82 Å². The van der Waals surface area contributed by atoms with E-state index in [0.717, 1.165) is 50.6 Å². The van der Waals surface area contributed by atoms with E-state index < -0.39 is 0 Å². The van der Waals surface area contributed by atoms with E-state index in [2.05, 4.69) is 21.7 Å². The van der Waals surface area contributed by atoms with Crippen LogP contribution in [0, 0.1) is 5.92 Å². The minimum atomic E-state index is 0.570. The van der Waals surface area contributed by atoms with Crippen LogP contribution in [0.15, 0.2) is 0 Å². The van der Waals surface area contributed by atoms with Crippen LogP contribution in [0.1, 0.15) is 31.4 Å². The maximum absolute atomic E-state index is 5.68. The fraction of sp³-hybridized carbons (Fsp3) is 0.818. The van der Waals surface area contributed by atoms with Gasteiger partial charge in [0.1, 0.15) is 12.4 Å². The van der Waals surface area contributed by atoms with Crippen molar-refractivity contribution in [2.45, 2.75) is 39.3 Å². The van der Waals surface area contributed by atoms with Gasteiger partial charge in [0, 0.05) is 19.6 Å². The molecule has 90 valence electrons. The van der Waals surface area contributed by atoms with E-state index in [1.807, 2.05) is 0 Å². The van der Waals surface area contributed by atoms with Crippen molar-refractivity contribution in [1.82, 2.24) is 14.8 Å². The van der Waals surface area contributed by atoms with Gasteiger partial charge in [-0.25, -0.2) is 0 Å². The average molecular weight is 224 g/mol. The molecular formula is C11H20N4O. The predicted molar refractivity (Wildman–Crippen MR) is 60.8 cm³/mol. The quantitative estimate of drug-likeness (QED) is 0.749. The Labute approximate surface area is 96.0 Å². The van der Waals surface area contributed by atoms with Crippen LogP contribution >= 0.6 is 0 Å². The highest BCUT2D eigenvalue weighted by Gasteiger charge is 2.21. The maximum atomic E-state index is 5.68. The Morgan fingerprint density at radius 1 is 1.50 bits per heavy atom. The van der Waals surface area contributed by atoms with Crippen LogP contribution in [0.25, 0.3) is 0 Å². The number of hydrogen-bond donors (Lipinski definition) is 1. The number of nitrogens with zero attached hydrogens (tertiary/aromatic N) is 3. The molecule has 2 heterocycles. The topological polar surface area (TPSA) is 66.0 Å². The third kappa shape index (κ3) is 2.41. The molecule has 0 spiro atoms. The minimum Gasteiger partial charge on any atom is -0.373 e. The molecule has 0 fully saturated rings. The summed E-state index contributed by atoms with van der Waals surface area (Å²) in [5, 5.41) is 8.40. The second kappa shape index (κ2) is 5.41. The third-order valence-electron chi connectivity index (χ3n) is 3.05. The lowest BCUT2D eigenvalue weighted by atomic mass is 9.98. The average Bonchev–Trinajstić information content (AvgIpc) is 2.72. The molecule has 2 rings (SSSR count). The largest absolute Gasteiger partial charge is 0.373 e. The summed E-state index contributed by atoms with van der Waals surface area (Å²) >= 11 is 0. The van der Waals surface area contributed by atoms with E-state index in [1.54, 1.807) is 0 Å². The Hall–Kier alpha value is -0.940. The predicted octanol–water partition coefficient (Wildman–Crippen LogP) is 0.726. The van der Waals surface area contributed by atoms with Crippen LogP contribution in [0.4, 0.5) is 0 Å². The van der Waals surface area contributed by atoms with E-state index in [9.17, 15) is 0 Å². The van der Waals surface area contributed by atoms with Crippen LogP contribution in [0.5, 0.6) is 0 Å². The van der Waals surface area contributed by atoms with Crippen molar-refractivity contribution in [2.75, 3.05) is 13.2 Å². The minimum absolute atomic E-state index is 0.570. The lowest BCUT2D eigenvalue weighted by molar-refractivity contribution is 0.112. The molecule has 5 nitrogen and oxygen atoms in total. The normalized spacial score (nSPS) is 19.8. The zero-order valence-electron chi connectivity index (χ0n) is 9.85.